The first kappa shape index (κ1) is 18.6. The average molecular weight is 396 g/mol. The first-order valence-corrected chi connectivity index (χ1v) is 9.24. The molecule has 0 bridgehead atoms. The fourth-order valence-electron chi connectivity index (χ4n) is 2.48. The smallest absolute Gasteiger partial charge is 0.416 e. The van der Waals surface area contributed by atoms with Gasteiger partial charge >= 0.3 is 6.18 Å². The van der Waals surface area contributed by atoms with Gasteiger partial charge in [0.2, 0.25) is 5.88 Å². The number of alkyl halides is 3. The number of halogens is 3. The lowest BCUT2D eigenvalue weighted by Gasteiger charge is -2.10. The average Bonchev–Trinajstić information content (AvgIpc) is 2.89. The zero-order valence-electron chi connectivity index (χ0n) is 13.5. The Labute approximate surface area is 157 Å². The highest BCUT2D eigenvalue weighted by Crippen LogP contribution is 2.32. The van der Waals surface area contributed by atoms with Crippen LogP contribution in [-0.4, -0.2) is 14.7 Å². The summed E-state index contributed by atoms with van der Waals surface area (Å²) in [4.78, 5) is 2.88. The molecule has 0 radical (unpaired) electrons. The van der Waals surface area contributed by atoms with Crippen molar-refractivity contribution in [3.05, 3.63) is 76.2 Å². The molecule has 8 heteroatoms. The Balaban J connectivity index is 1.81. The quantitative estimate of drug-likeness (QED) is 0.544. The number of aromatic hydroxyl groups is 1. The SMILES string of the molecule is Oc1c(CSCc2ccccc2)[nH]c(=S)n1-c1cccc(C(F)(F)F)c1. The standard InChI is InChI=1S/C18H15F3N2OS2/c19-18(20,21)13-7-4-8-14(9-13)23-16(24)15(22-17(23)25)11-26-10-12-5-2-1-3-6-12/h1-9,24H,10-11H2,(H,22,25). The molecular formula is C18H15F3N2OS2. The summed E-state index contributed by atoms with van der Waals surface area (Å²) in [6, 6.07) is 14.5. The van der Waals surface area contributed by atoms with Crippen LogP contribution in [0.1, 0.15) is 16.8 Å². The number of nitrogens with one attached hydrogen (secondary N) is 1. The van der Waals surface area contributed by atoms with Gasteiger partial charge in [0.15, 0.2) is 4.77 Å². The highest BCUT2D eigenvalue weighted by molar-refractivity contribution is 7.97. The summed E-state index contributed by atoms with van der Waals surface area (Å²) in [7, 11) is 0. The van der Waals surface area contributed by atoms with Gasteiger partial charge < -0.3 is 10.1 Å². The maximum absolute atomic E-state index is 12.9. The van der Waals surface area contributed by atoms with Crippen molar-refractivity contribution >= 4 is 24.0 Å². The second kappa shape index (κ2) is 7.59. The summed E-state index contributed by atoms with van der Waals surface area (Å²) < 4.78 is 40.1. The molecular weight excluding hydrogens is 381 g/mol. The zero-order chi connectivity index (χ0) is 18.7. The molecule has 0 saturated heterocycles. The highest BCUT2D eigenvalue weighted by Gasteiger charge is 2.30. The van der Waals surface area contributed by atoms with E-state index in [0.717, 1.165) is 23.4 Å². The van der Waals surface area contributed by atoms with Crippen molar-refractivity contribution < 1.29 is 18.3 Å². The second-order valence-electron chi connectivity index (χ2n) is 5.59. The molecule has 0 saturated carbocycles. The number of H-pyrrole nitrogens is 1. The minimum Gasteiger partial charge on any atom is -0.493 e. The molecule has 136 valence electrons. The summed E-state index contributed by atoms with van der Waals surface area (Å²) in [6.07, 6.45) is -4.46. The van der Waals surface area contributed by atoms with E-state index in [0.29, 0.717) is 11.4 Å². The van der Waals surface area contributed by atoms with Crippen molar-refractivity contribution in [2.75, 3.05) is 0 Å². The van der Waals surface area contributed by atoms with Gasteiger partial charge in [-0.05, 0) is 36.0 Å². The Kier molecular flexibility index (Phi) is 5.43. The maximum atomic E-state index is 12.9. The summed E-state index contributed by atoms with van der Waals surface area (Å²) in [5, 5.41) is 10.4. The van der Waals surface area contributed by atoms with Gasteiger partial charge in [-0.15, -0.1) is 0 Å². The molecule has 3 nitrogen and oxygen atoms in total. The number of imidazole rings is 1. The molecule has 0 fully saturated rings. The lowest BCUT2D eigenvalue weighted by Crippen LogP contribution is -2.06. The van der Waals surface area contributed by atoms with E-state index in [9.17, 15) is 18.3 Å². The van der Waals surface area contributed by atoms with E-state index in [1.165, 1.54) is 16.7 Å². The predicted octanol–water partition coefficient (Wildman–Crippen LogP) is 5.69. The Hall–Kier alpha value is -2.19. The maximum Gasteiger partial charge on any atom is 0.416 e. The molecule has 0 aliphatic carbocycles. The van der Waals surface area contributed by atoms with E-state index >= 15 is 0 Å². The van der Waals surface area contributed by atoms with E-state index in [4.69, 9.17) is 12.2 Å². The van der Waals surface area contributed by atoms with Crippen molar-refractivity contribution in [2.45, 2.75) is 17.7 Å². The number of hydrogen-bond donors (Lipinski definition) is 2. The van der Waals surface area contributed by atoms with Crippen LogP contribution < -0.4 is 0 Å². The Bertz CT molecular complexity index is 949. The molecule has 1 aromatic heterocycles. The van der Waals surface area contributed by atoms with Crippen LogP contribution in [0.4, 0.5) is 13.2 Å². The van der Waals surface area contributed by atoms with Gasteiger partial charge in [-0.3, -0.25) is 4.57 Å². The molecule has 26 heavy (non-hydrogen) atoms. The number of nitrogens with zero attached hydrogens (tertiary/aromatic N) is 1. The predicted molar refractivity (Wildman–Crippen MR) is 99.1 cm³/mol. The monoisotopic (exact) mass is 396 g/mol. The van der Waals surface area contributed by atoms with Gasteiger partial charge in [-0.1, -0.05) is 36.4 Å². The summed E-state index contributed by atoms with van der Waals surface area (Å²) in [6.45, 7) is 0. The third-order valence-corrected chi connectivity index (χ3v) is 5.05. The van der Waals surface area contributed by atoms with E-state index in [2.05, 4.69) is 4.98 Å². The van der Waals surface area contributed by atoms with E-state index < -0.39 is 11.7 Å². The van der Waals surface area contributed by atoms with Gasteiger partial charge in [0.05, 0.1) is 16.9 Å². The molecule has 0 aliphatic rings. The molecule has 1 heterocycles. The molecule has 2 aromatic carbocycles. The third kappa shape index (κ3) is 4.13. The van der Waals surface area contributed by atoms with E-state index in [-0.39, 0.29) is 16.3 Å². The lowest BCUT2D eigenvalue weighted by atomic mass is 10.2. The van der Waals surface area contributed by atoms with Crippen LogP contribution >= 0.6 is 24.0 Å². The van der Waals surface area contributed by atoms with Crippen molar-refractivity contribution in [3.63, 3.8) is 0 Å². The molecule has 3 aromatic rings. The first-order chi connectivity index (χ1) is 12.4. The Morgan fingerprint density at radius 3 is 2.46 bits per heavy atom. The summed E-state index contributed by atoms with van der Waals surface area (Å²) >= 11 is 6.75. The van der Waals surface area contributed by atoms with Gasteiger partial charge in [-0.2, -0.15) is 24.9 Å². The van der Waals surface area contributed by atoms with Crippen molar-refractivity contribution in [1.82, 2.24) is 9.55 Å². The van der Waals surface area contributed by atoms with Crippen molar-refractivity contribution in [1.29, 1.82) is 0 Å². The molecule has 2 N–H and O–H groups in total. The largest absolute Gasteiger partial charge is 0.493 e. The fourth-order valence-corrected chi connectivity index (χ4v) is 3.73. The van der Waals surface area contributed by atoms with Crippen LogP contribution in [0, 0.1) is 4.77 Å². The van der Waals surface area contributed by atoms with Crippen LogP contribution in [0.5, 0.6) is 5.88 Å². The van der Waals surface area contributed by atoms with Crippen molar-refractivity contribution in [3.8, 4) is 11.6 Å². The van der Waals surface area contributed by atoms with Crippen LogP contribution in [0.15, 0.2) is 54.6 Å². The zero-order valence-corrected chi connectivity index (χ0v) is 15.1. The van der Waals surface area contributed by atoms with Crippen LogP contribution in [0.3, 0.4) is 0 Å². The molecule has 0 aliphatic heterocycles. The molecule has 0 amide bonds. The van der Waals surface area contributed by atoms with Crippen LogP contribution in [-0.2, 0) is 17.7 Å². The Morgan fingerprint density at radius 2 is 1.77 bits per heavy atom. The van der Waals surface area contributed by atoms with Crippen LogP contribution in [0.2, 0.25) is 0 Å². The second-order valence-corrected chi connectivity index (χ2v) is 6.97. The summed E-state index contributed by atoms with van der Waals surface area (Å²) in [5.74, 6) is 1.03. The van der Waals surface area contributed by atoms with Gasteiger partial charge in [0, 0.05) is 11.5 Å². The lowest BCUT2D eigenvalue weighted by molar-refractivity contribution is -0.137. The molecule has 0 atom stereocenters. The van der Waals surface area contributed by atoms with Gasteiger partial charge in [-0.25, -0.2) is 0 Å². The molecule has 0 spiro atoms. The number of hydrogen-bond acceptors (Lipinski definition) is 3. The highest BCUT2D eigenvalue weighted by atomic mass is 32.2. The number of thioether (sulfide) groups is 1. The normalized spacial score (nSPS) is 11.7. The third-order valence-electron chi connectivity index (χ3n) is 3.73. The molecule has 0 unspecified atom stereocenters. The van der Waals surface area contributed by atoms with Gasteiger partial charge in [0.25, 0.3) is 0 Å². The summed E-state index contributed by atoms with van der Waals surface area (Å²) in [5.41, 5.74) is 0.997. The minimum atomic E-state index is -4.46. The van der Waals surface area contributed by atoms with Gasteiger partial charge in [0.1, 0.15) is 0 Å². The Morgan fingerprint density at radius 1 is 1.04 bits per heavy atom. The number of benzene rings is 2. The van der Waals surface area contributed by atoms with Crippen LogP contribution in [0.25, 0.3) is 5.69 Å². The molecule has 3 rings (SSSR count). The minimum absolute atomic E-state index is 0.150. The first-order valence-electron chi connectivity index (χ1n) is 7.68. The number of aromatic nitrogens is 2. The number of rotatable bonds is 5. The topological polar surface area (TPSA) is 40.9 Å². The fraction of sp³-hybridized carbons (Fsp3) is 0.167. The van der Waals surface area contributed by atoms with E-state index in [1.807, 2.05) is 30.3 Å². The van der Waals surface area contributed by atoms with E-state index in [1.54, 1.807) is 11.8 Å². The van der Waals surface area contributed by atoms with Crippen molar-refractivity contribution in [2.24, 2.45) is 0 Å². The number of aromatic amines is 1.